The molecular weight excluding hydrogens is 659 g/mol. The first kappa shape index (κ1) is 41.1. The number of amidine groups is 1. The predicted octanol–water partition coefficient (Wildman–Crippen LogP) is 2.94. The molecule has 0 saturated heterocycles. The summed E-state index contributed by atoms with van der Waals surface area (Å²) in [5.41, 5.74) is 13.5. The van der Waals surface area contributed by atoms with Crippen LogP contribution < -0.4 is 32.1 Å². The number of nitrogens with two attached hydrogens (primary N) is 2. The molecule has 0 aliphatic carbocycles. The second-order valence-corrected chi connectivity index (χ2v) is 13.3. The largest absolute Gasteiger partial charge is 0.384 e. The molecule has 13 nitrogen and oxygen atoms in total. The summed E-state index contributed by atoms with van der Waals surface area (Å²) in [4.78, 5) is 49.4. The highest BCUT2D eigenvalue weighted by molar-refractivity contribution is 7.89. The van der Waals surface area contributed by atoms with E-state index in [2.05, 4.69) is 27.3 Å². The molecule has 0 aromatic heterocycles. The Hall–Kier alpha value is -5.08. The summed E-state index contributed by atoms with van der Waals surface area (Å²) in [6.07, 6.45) is 10.0. The molecular formula is C36H49N7O6S. The van der Waals surface area contributed by atoms with Gasteiger partial charge in [0.05, 0.1) is 5.75 Å². The van der Waals surface area contributed by atoms with Gasteiger partial charge >= 0.3 is 0 Å². The van der Waals surface area contributed by atoms with E-state index in [4.69, 9.17) is 16.9 Å². The first-order chi connectivity index (χ1) is 23.8. The number of nitrogens with one attached hydrogen (secondary N) is 5. The maximum atomic E-state index is 12.7. The Labute approximate surface area is 294 Å². The molecule has 1 unspecified atom stereocenters. The summed E-state index contributed by atoms with van der Waals surface area (Å²) >= 11 is 0. The Morgan fingerprint density at radius 3 is 2.04 bits per heavy atom. The minimum atomic E-state index is -3.85. The van der Waals surface area contributed by atoms with Crippen molar-refractivity contribution in [3.63, 3.8) is 0 Å². The third-order valence-electron chi connectivity index (χ3n) is 7.50. The highest BCUT2D eigenvalue weighted by atomic mass is 32.2. The number of unbranched alkanes of at least 4 members (excludes halogenated alkanes) is 3. The number of rotatable bonds is 23. The van der Waals surface area contributed by atoms with E-state index in [0.717, 1.165) is 12.0 Å². The topological polar surface area (TPSA) is 226 Å². The van der Waals surface area contributed by atoms with Crippen LogP contribution >= 0.6 is 0 Å². The molecule has 50 heavy (non-hydrogen) atoms. The first-order valence-corrected chi connectivity index (χ1v) is 18.1. The van der Waals surface area contributed by atoms with Gasteiger partial charge in [0, 0.05) is 42.7 Å². The first-order valence-electron chi connectivity index (χ1n) is 16.4. The van der Waals surface area contributed by atoms with Gasteiger partial charge in [-0.05, 0) is 68.4 Å². The summed E-state index contributed by atoms with van der Waals surface area (Å²) in [5.74, 6) is -1.90. The summed E-state index contributed by atoms with van der Waals surface area (Å²) in [6, 6.07) is 12.4. The molecule has 270 valence electrons. The van der Waals surface area contributed by atoms with Crippen LogP contribution in [-0.2, 0) is 26.2 Å². The molecule has 0 heterocycles. The van der Waals surface area contributed by atoms with E-state index >= 15 is 0 Å². The number of carbonyl (C=O) groups excluding carboxylic acids is 4. The molecule has 2 aromatic carbocycles. The molecule has 9 N–H and O–H groups in total. The summed E-state index contributed by atoms with van der Waals surface area (Å²) < 4.78 is 27.5. The summed E-state index contributed by atoms with van der Waals surface area (Å²) in [7, 11) is -3.85. The van der Waals surface area contributed by atoms with Crippen LogP contribution in [0.2, 0.25) is 0 Å². The van der Waals surface area contributed by atoms with Gasteiger partial charge in [-0.25, -0.2) is 13.1 Å². The summed E-state index contributed by atoms with van der Waals surface area (Å²) in [6.45, 7) is 6.50. The number of hydrogen-bond donors (Lipinski definition) is 7. The molecule has 4 amide bonds. The van der Waals surface area contributed by atoms with Crippen LogP contribution in [0.4, 0.5) is 0 Å². The van der Waals surface area contributed by atoms with Crippen molar-refractivity contribution in [2.24, 2.45) is 11.5 Å². The number of carbonyl (C=O) groups is 4. The Bertz CT molecular complexity index is 1650. The number of sulfonamides is 1. The fourth-order valence-electron chi connectivity index (χ4n) is 4.69. The van der Waals surface area contributed by atoms with Gasteiger partial charge in [0.15, 0.2) is 0 Å². The third-order valence-corrected chi connectivity index (χ3v) is 8.86. The fraction of sp³-hybridized carbons (Fsp3) is 0.361. The van der Waals surface area contributed by atoms with Crippen LogP contribution in [0.5, 0.6) is 0 Å². The standard InChI is InChI=1S/C36H49N7O6S/c1-3-5-12-26(4-2)25-50(48,49)43-31(34(39)45)15-8-10-22-41-36(47)30-14-11-13-29(23-30)35(46)40-21-9-6-7-16-32(44)42-24-27-17-19-28(20-18-27)33(37)38/h3-5,11-14,17-20,23,31,43H,2,6-10,15-16,21-22,24-25H2,1H3,(H3,37,38)(H2,39,45)(H,40,46)(H,41,47)(H,42,44). The molecule has 0 aliphatic heterocycles. The van der Waals surface area contributed by atoms with Gasteiger partial charge in [-0.15, -0.1) is 0 Å². The SMILES string of the molecule is C=CC(=CC=CC)CS(=O)(=O)NC(CCCCNC(=O)c1cccc(C(=O)NCCCCCC(=O)NCc2ccc(C(=N)N)cc2)c1)C(N)=O. The van der Waals surface area contributed by atoms with Gasteiger partial charge in [-0.2, -0.15) is 0 Å². The highest BCUT2D eigenvalue weighted by Gasteiger charge is 2.22. The third kappa shape index (κ3) is 15.9. The lowest BCUT2D eigenvalue weighted by atomic mass is 10.1. The van der Waals surface area contributed by atoms with Gasteiger partial charge in [0.2, 0.25) is 21.8 Å². The number of nitrogen functional groups attached to an aromatic ring is 1. The van der Waals surface area contributed by atoms with Crippen molar-refractivity contribution in [3.05, 3.63) is 107 Å². The predicted molar refractivity (Wildman–Crippen MR) is 196 cm³/mol. The van der Waals surface area contributed by atoms with Crippen molar-refractivity contribution in [1.82, 2.24) is 20.7 Å². The van der Waals surface area contributed by atoms with E-state index in [0.29, 0.717) is 67.5 Å². The quantitative estimate of drug-likeness (QED) is 0.0395. The van der Waals surface area contributed by atoms with Crippen molar-refractivity contribution in [3.8, 4) is 0 Å². The lowest BCUT2D eigenvalue weighted by Crippen LogP contribution is -2.45. The molecule has 14 heteroatoms. The molecule has 0 aliphatic rings. The lowest BCUT2D eigenvalue weighted by Gasteiger charge is -2.16. The fourth-order valence-corrected chi connectivity index (χ4v) is 6.10. The van der Waals surface area contributed by atoms with Gasteiger partial charge in [0.25, 0.3) is 11.8 Å². The summed E-state index contributed by atoms with van der Waals surface area (Å²) in [5, 5.41) is 15.9. The van der Waals surface area contributed by atoms with Crippen LogP contribution in [0.3, 0.4) is 0 Å². The smallest absolute Gasteiger partial charge is 0.251 e. The van der Waals surface area contributed by atoms with Crippen molar-refractivity contribution in [1.29, 1.82) is 5.41 Å². The molecule has 0 fully saturated rings. The van der Waals surface area contributed by atoms with Crippen LogP contribution in [0, 0.1) is 5.41 Å². The van der Waals surface area contributed by atoms with Gasteiger partial charge in [0.1, 0.15) is 11.9 Å². The monoisotopic (exact) mass is 707 g/mol. The average molecular weight is 708 g/mol. The van der Waals surface area contributed by atoms with Crippen LogP contribution in [0.1, 0.15) is 83.7 Å². The zero-order chi connectivity index (χ0) is 36.9. The maximum absolute atomic E-state index is 12.7. The maximum Gasteiger partial charge on any atom is 0.251 e. The highest BCUT2D eigenvalue weighted by Crippen LogP contribution is 2.09. The van der Waals surface area contributed by atoms with Crippen molar-refractivity contribution >= 4 is 39.5 Å². The molecule has 2 aromatic rings. The molecule has 2 rings (SSSR count). The minimum Gasteiger partial charge on any atom is -0.384 e. The van der Waals surface area contributed by atoms with Crippen LogP contribution in [0.25, 0.3) is 0 Å². The Morgan fingerprint density at radius 2 is 1.48 bits per heavy atom. The molecule has 0 radical (unpaired) electrons. The van der Waals surface area contributed by atoms with Gasteiger partial charge in [-0.3, -0.25) is 24.6 Å². The van der Waals surface area contributed by atoms with Crippen LogP contribution in [0.15, 0.2) is 85.0 Å². The molecule has 0 spiro atoms. The second kappa shape index (κ2) is 21.8. The molecule has 0 bridgehead atoms. The Balaban J connectivity index is 1.68. The van der Waals surface area contributed by atoms with E-state index in [-0.39, 0.29) is 42.3 Å². The average Bonchev–Trinajstić information content (AvgIpc) is 3.09. The number of hydrogen-bond acceptors (Lipinski definition) is 7. The van der Waals surface area contributed by atoms with E-state index in [1.165, 1.54) is 12.1 Å². The van der Waals surface area contributed by atoms with Crippen molar-refractivity contribution in [2.45, 2.75) is 64.5 Å². The van der Waals surface area contributed by atoms with Crippen molar-refractivity contribution < 1.29 is 27.6 Å². The Morgan fingerprint density at radius 1 is 0.860 bits per heavy atom. The molecule has 1 atom stereocenters. The van der Waals surface area contributed by atoms with E-state index < -0.39 is 22.0 Å². The van der Waals surface area contributed by atoms with Crippen LogP contribution in [-0.4, -0.2) is 62.8 Å². The number of amides is 4. The van der Waals surface area contributed by atoms with Crippen molar-refractivity contribution in [2.75, 3.05) is 18.8 Å². The Kier molecular flexibility index (Phi) is 17.9. The van der Waals surface area contributed by atoms with E-state index in [9.17, 15) is 27.6 Å². The number of primary amides is 1. The zero-order valence-corrected chi connectivity index (χ0v) is 29.3. The lowest BCUT2D eigenvalue weighted by molar-refractivity contribution is -0.121. The van der Waals surface area contributed by atoms with Gasteiger partial charge in [-0.1, -0.05) is 67.6 Å². The molecule has 0 saturated carbocycles. The normalized spacial score (nSPS) is 12.2. The van der Waals surface area contributed by atoms with Gasteiger partial charge < -0.3 is 27.4 Å². The second-order valence-electron chi connectivity index (χ2n) is 11.6. The van der Waals surface area contributed by atoms with E-state index in [1.54, 1.807) is 55.5 Å². The minimum absolute atomic E-state index is 0.00684. The zero-order valence-electron chi connectivity index (χ0n) is 28.5. The number of benzene rings is 2. The van der Waals surface area contributed by atoms with E-state index in [1.807, 2.05) is 12.1 Å². The number of allylic oxidation sites excluding steroid dienone is 4.